The number of aliphatic carboxylic acids is 1. The Morgan fingerprint density at radius 2 is 2.00 bits per heavy atom. The Morgan fingerprint density at radius 3 is 2.74 bits per heavy atom. The zero-order chi connectivity index (χ0) is 21.8. The lowest BCUT2D eigenvalue weighted by Crippen LogP contribution is -2.45. The Kier molecular flexibility index (Phi) is 6.21. The van der Waals surface area contributed by atoms with E-state index in [0.29, 0.717) is 32.4 Å². The molecule has 1 fully saturated rings. The highest BCUT2D eigenvalue weighted by Crippen LogP contribution is 2.30. The van der Waals surface area contributed by atoms with Crippen LogP contribution in [-0.2, 0) is 22.4 Å². The van der Waals surface area contributed by atoms with Gasteiger partial charge in [0.15, 0.2) is 0 Å². The van der Waals surface area contributed by atoms with Gasteiger partial charge in [0.05, 0.1) is 24.6 Å². The largest absolute Gasteiger partial charge is 0.497 e. The second kappa shape index (κ2) is 9.20. The number of ether oxygens (including phenoxy) is 1. The Hall–Kier alpha value is -3.35. The topological polar surface area (TPSA) is 95.5 Å². The molecule has 1 amide bonds. The van der Waals surface area contributed by atoms with E-state index in [9.17, 15) is 14.7 Å². The van der Waals surface area contributed by atoms with Crippen molar-refractivity contribution < 1.29 is 19.4 Å². The zero-order valence-corrected chi connectivity index (χ0v) is 17.6. The lowest BCUT2D eigenvalue weighted by molar-refractivity contribution is -0.139. The number of H-pyrrole nitrogens is 1. The summed E-state index contributed by atoms with van der Waals surface area (Å²) in [5.41, 5.74) is 2.72. The summed E-state index contributed by atoms with van der Waals surface area (Å²) in [7, 11) is 1.62. The van der Waals surface area contributed by atoms with Gasteiger partial charge in [-0.05, 0) is 36.0 Å². The molecule has 4 rings (SSSR count). The molecule has 2 heterocycles. The van der Waals surface area contributed by atoms with E-state index in [1.807, 2.05) is 53.4 Å². The van der Waals surface area contributed by atoms with Crippen LogP contribution in [-0.4, -0.2) is 52.1 Å². The molecule has 1 aliphatic rings. The van der Waals surface area contributed by atoms with E-state index in [0.717, 1.165) is 28.2 Å². The summed E-state index contributed by atoms with van der Waals surface area (Å²) in [6, 6.07) is 15.4. The number of imidazole rings is 1. The molecule has 0 saturated carbocycles. The van der Waals surface area contributed by atoms with Crippen LogP contribution in [0, 0.1) is 11.8 Å². The van der Waals surface area contributed by atoms with Gasteiger partial charge >= 0.3 is 5.97 Å². The number of hydrogen-bond acceptors (Lipinski definition) is 4. The molecule has 7 heteroatoms. The molecule has 3 aromatic rings. The zero-order valence-electron chi connectivity index (χ0n) is 17.6. The lowest BCUT2D eigenvalue weighted by atomic mass is 9.81. The van der Waals surface area contributed by atoms with Gasteiger partial charge in [0.2, 0.25) is 5.91 Å². The number of rotatable bonds is 7. The van der Waals surface area contributed by atoms with Gasteiger partial charge in [-0.3, -0.25) is 9.59 Å². The maximum atomic E-state index is 12.9. The maximum Gasteiger partial charge on any atom is 0.303 e. The molecule has 162 valence electrons. The third-order valence-corrected chi connectivity index (χ3v) is 6.07. The van der Waals surface area contributed by atoms with Crippen molar-refractivity contribution in [3.63, 3.8) is 0 Å². The van der Waals surface area contributed by atoms with Gasteiger partial charge in [-0.2, -0.15) is 0 Å². The molecule has 1 aliphatic heterocycles. The van der Waals surface area contributed by atoms with Crippen molar-refractivity contribution in [2.75, 3.05) is 20.2 Å². The highest BCUT2D eigenvalue weighted by atomic mass is 16.5. The minimum Gasteiger partial charge on any atom is -0.497 e. The lowest BCUT2D eigenvalue weighted by Gasteiger charge is -2.38. The fourth-order valence-electron chi connectivity index (χ4n) is 4.43. The van der Waals surface area contributed by atoms with Crippen LogP contribution in [0.1, 0.15) is 24.2 Å². The van der Waals surface area contributed by atoms with Crippen LogP contribution >= 0.6 is 0 Å². The van der Waals surface area contributed by atoms with E-state index >= 15 is 0 Å². The molecule has 2 aromatic carbocycles. The molecule has 0 bridgehead atoms. The molecular weight excluding hydrogens is 394 g/mol. The van der Waals surface area contributed by atoms with Gasteiger partial charge in [-0.1, -0.05) is 30.3 Å². The van der Waals surface area contributed by atoms with Gasteiger partial charge in [-0.15, -0.1) is 0 Å². The van der Waals surface area contributed by atoms with Crippen molar-refractivity contribution in [3.05, 3.63) is 59.9 Å². The first-order valence-corrected chi connectivity index (χ1v) is 10.6. The van der Waals surface area contributed by atoms with Crippen LogP contribution in [0.15, 0.2) is 48.5 Å². The smallest absolute Gasteiger partial charge is 0.303 e. The number of carbonyl (C=O) groups excluding carboxylic acids is 1. The summed E-state index contributed by atoms with van der Waals surface area (Å²) in [5.74, 6) is 0.892. The number of aromatic nitrogens is 2. The number of hydrogen-bond donors (Lipinski definition) is 2. The molecule has 1 aromatic heterocycles. The van der Waals surface area contributed by atoms with Gasteiger partial charge < -0.3 is 19.7 Å². The molecule has 0 spiro atoms. The molecule has 2 unspecified atom stereocenters. The second-order valence-corrected chi connectivity index (χ2v) is 8.18. The monoisotopic (exact) mass is 421 g/mol. The number of carboxylic acid groups (broad SMARTS) is 1. The fourth-order valence-corrected chi connectivity index (χ4v) is 4.43. The number of carbonyl (C=O) groups is 2. The van der Waals surface area contributed by atoms with E-state index < -0.39 is 5.97 Å². The highest BCUT2D eigenvalue weighted by molar-refractivity contribution is 5.79. The summed E-state index contributed by atoms with van der Waals surface area (Å²) in [6.07, 6.45) is 1.76. The normalized spacial score (nSPS) is 18.8. The Labute approximate surface area is 181 Å². The number of amides is 1. The van der Waals surface area contributed by atoms with Crippen LogP contribution < -0.4 is 4.74 Å². The average Bonchev–Trinajstić information content (AvgIpc) is 3.16. The minimum atomic E-state index is -0.798. The molecular formula is C24H27N3O4. The number of nitrogens with zero attached hydrogens (tertiary/aromatic N) is 2. The predicted molar refractivity (Wildman–Crippen MR) is 117 cm³/mol. The van der Waals surface area contributed by atoms with Crippen molar-refractivity contribution in [3.8, 4) is 5.75 Å². The number of nitrogens with one attached hydrogen (secondary N) is 1. The Balaban J connectivity index is 1.50. The standard InChI is InChI=1S/C24H27N3O4/c1-31-19-7-8-20-21(14-19)26-22(25-20)12-18-15-27(10-9-17(18)13-24(29)30)23(28)11-16-5-3-2-4-6-16/h2-8,14,17-18H,9-13,15H2,1H3,(H,25,26)(H,29,30). The molecule has 31 heavy (non-hydrogen) atoms. The van der Waals surface area contributed by atoms with E-state index in [2.05, 4.69) is 9.97 Å². The van der Waals surface area contributed by atoms with Crippen LogP contribution in [0.5, 0.6) is 5.75 Å². The van der Waals surface area contributed by atoms with E-state index in [4.69, 9.17) is 4.74 Å². The summed E-state index contributed by atoms with van der Waals surface area (Å²) in [5, 5.41) is 9.37. The van der Waals surface area contributed by atoms with Crippen molar-refractivity contribution >= 4 is 22.9 Å². The van der Waals surface area contributed by atoms with Crippen LogP contribution in [0.2, 0.25) is 0 Å². The highest BCUT2D eigenvalue weighted by Gasteiger charge is 2.33. The van der Waals surface area contributed by atoms with E-state index in [1.165, 1.54) is 0 Å². The first kappa shape index (κ1) is 20.9. The first-order valence-electron chi connectivity index (χ1n) is 10.6. The Morgan fingerprint density at radius 1 is 1.19 bits per heavy atom. The van der Waals surface area contributed by atoms with Crippen molar-refractivity contribution in [2.45, 2.75) is 25.7 Å². The van der Waals surface area contributed by atoms with Crippen molar-refractivity contribution in [1.29, 1.82) is 0 Å². The first-order chi connectivity index (χ1) is 15.0. The molecule has 7 nitrogen and oxygen atoms in total. The predicted octanol–water partition coefficient (Wildman–Crippen LogP) is 3.30. The van der Waals surface area contributed by atoms with E-state index in [-0.39, 0.29) is 24.2 Å². The summed E-state index contributed by atoms with van der Waals surface area (Å²) in [6.45, 7) is 1.14. The molecule has 1 saturated heterocycles. The third-order valence-electron chi connectivity index (χ3n) is 6.07. The average molecular weight is 421 g/mol. The van der Waals surface area contributed by atoms with Gasteiger partial charge in [0.1, 0.15) is 11.6 Å². The third kappa shape index (κ3) is 5.05. The van der Waals surface area contributed by atoms with E-state index in [1.54, 1.807) is 7.11 Å². The quantitative estimate of drug-likeness (QED) is 0.610. The Bertz CT molecular complexity index is 1060. The van der Waals surface area contributed by atoms with Gasteiger partial charge in [-0.25, -0.2) is 4.98 Å². The van der Waals surface area contributed by atoms with Crippen LogP contribution in [0.25, 0.3) is 11.0 Å². The number of fused-ring (bicyclic) bond motifs is 1. The maximum absolute atomic E-state index is 12.9. The van der Waals surface area contributed by atoms with Crippen LogP contribution in [0.3, 0.4) is 0 Å². The fraction of sp³-hybridized carbons (Fsp3) is 0.375. The van der Waals surface area contributed by atoms with Gasteiger partial charge in [0, 0.05) is 32.0 Å². The number of piperidine rings is 1. The van der Waals surface area contributed by atoms with Crippen molar-refractivity contribution in [2.24, 2.45) is 11.8 Å². The number of aromatic amines is 1. The number of carboxylic acids is 1. The minimum absolute atomic E-state index is 0.0148. The number of likely N-dealkylation sites (tertiary alicyclic amines) is 1. The van der Waals surface area contributed by atoms with Crippen LogP contribution in [0.4, 0.5) is 0 Å². The molecule has 0 aliphatic carbocycles. The summed E-state index contributed by atoms with van der Waals surface area (Å²) < 4.78 is 5.27. The molecule has 0 radical (unpaired) electrons. The summed E-state index contributed by atoms with van der Waals surface area (Å²) in [4.78, 5) is 34.2. The van der Waals surface area contributed by atoms with Gasteiger partial charge in [0.25, 0.3) is 0 Å². The van der Waals surface area contributed by atoms with Crippen molar-refractivity contribution in [1.82, 2.24) is 14.9 Å². The number of benzene rings is 2. The molecule has 2 atom stereocenters. The molecule has 2 N–H and O–H groups in total. The second-order valence-electron chi connectivity index (χ2n) is 8.18. The number of methoxy groups -OCH3 is 1. The summed E-state index contributed by atoms with van der Waals surface area (Å²) >= 11 is 0. The SMILES string of the molecule is COc1ccc2nc(CC3CN(C(=O)Cc4ccccc4)CCC3CC(=O)O)[nH]c2c1.